The Labute approximate surface area is 214 Å². The Kier molecular flexibility index (Phi) is 9.90. The van der Waals surface area contributed by atoms with E-state index in [9.17, 15) is 14.4 Å². The van der Waals surface area contributed by atoms with E-state index < -0.39 is 11.7 Å². The highest BCUT2D eigenvalue weighted by molar-refractivity contribution is 5.91. The summed E-state index contributed by atoms with van der Waals surface area (Å²) in [6.07, 6.45) is -0.457. The molecular weight excluding hydrogens is 458 g/mol. The van der Waals surface area contributed by atoms with Gasteiger partial charge in [-0.25, -0.2) is 4.79 Å². The van der Waals surface area contributed by atoms with E-state index in [1.165, 1.54) is 0 Å². The van der Waals surface area contributed by atoms with Gasteiger partial charge in [-0.15, -0.1) is 0 Å². The molecule has 2 aromatic carbocycles. The Hall–Kier alpha value is -3.55. The molecule has 0 heterocycles. The monoisotopic (exact) mass is 497 g/mol. The molecule has 8 heteroatoms. The van der Waals surface area contributed by atoms with Gasteiger partial charge in [0.1, 0.15) is 11.4 Å². The largest absolute Gasteiger partial charge is 0.483 e. The number of rotatable bonds is 9. The van der Waals surface area contributed by atoms with Crippen molar-refractivity contribution in [3.8, 4) is 5.75 Å². The minimum Gasteiger partial charge on any atom is -0.483 e. The van der Waals surface area contributed by atoms with Gasteiger partial charge in [-0.1, -0.05) is 50.6 Å². The van der Waals surface area contributed by atoms with Crippen LogP contribution in [-0.4, -0.2) is 36.7 Å². The van der Waals surface area contributed by atoms with Crippen LogP contribution in [0.5, 0.6) is 5.75 Å². The van der Waals surface area contributed by atoms with Gasteiger partial charge in [-0.2, -0.15) is 0 Å². The predicted octanol–water partition coefficient (Wildman–Crippen LogP) is 4.84. The number of nitrogens with one attached hydrogen (secondary N) is 3. The molecule has 0 saturated carbocycles. The van der Waals surface area contributed by atoms with Gasteiger partial charge in [0.15, 0.2) is 6.61 Å². The third-order valence-corrected chi connectivity index (χ3v) is 5.02. The summed E-state index contributed by atoms with van der Waals surface area (Å²) in [5.41, 5.74) is 2.94. The molecule has 0 radical (unpaired) electrons. The lowest BCUT2D eigenvalue weighted by atomic mass is 9.85. The zero-order chi connectivity index (χ0) is 26.9. The Morgan fingerprint density at radius 1 is 0.889 bits per heavy atom. The summed E-state index contributed by atoms with van der Waals surface area (Å²) < 4.78 is 11.0. The average Bonchev–Trinajstić information content (AvgIpc) is 2.75. The van der Waals surface area contributed by atoms with E-state index in [0.717, 1.165) is 16.7 Å². The maximum atomic E-state index is 12.4. The lowest BCUT2D eigenvalue weighted by Crippen LogP contribution is -2.34. The Balaban J connectivity index is 1.80. The van der Waals surface area contributed by atoms with E-state index in [4.69, 9.17) is 9.47 Å². The smallest absolute Gasteiger partial charge is 0.407 e. The molecule has 0 atom stereocenters. The molecule has 36 heavy (non-hydrogen) atoms. The molecule has 0 unspecified atom stereocenters. The van der Waals surface area contributed by atoms with E-state index in [-0.39, 0.29) is 36.8 Å². The van der Waals surface area contributed by atoms with Gasteiger partial charge >= 0.3 is 6.09 Å². The van der Waals surface area contributed by atoms with Crippen LogP contribution >= 0.6 is 0 Å². The number of benzene rings is 2. The summed E-state index contributed by atoms with van der Waals surface area (Å²) in [6, 6.07) is 13.2. The van der Waals surface area contributed by atoms with Crippen molar-refractivity contribution < 1.29 is 23.9 Å². The first-order chi connectivity index (χ1) is 16.7. The summed E-state index contributed by atoms with van der Waals surface area (Å²) in [5, 5.41) is 8.20. The van der Waals surface area contributed by atoms with E-state index in [1.54, 1.807) is 39.0 Å². The molecule has 0 aromatic heterocycles. The van der Waals surface area contributed by atoms with Crippen LogP contribution in [0.4, 0.5) is 10.5 Å². The number of hydrogen-bond acceptors (Lipinski definition) is 5. The van der Waals surface area contributed by atoms with Gasteiger partial charge in [0.05, 0.1) is 0 Å². The second-order valence-electron chi connectivity index (χ2n) is 10.7. The van der Waals surface area contributed by atoms with Crippen molar-refractivity contribution in [3.05, 3.63) is 59.2 Å². The average molecular weight is 498 g/mol. The molecule has 2 rings (SSSR count). The summed E-state index contributed by atoms with van der Waals surface area (Å²) in [5.74, 6) is 0.223. The zero-order valence-electron chi connectivity index (χ0n) is 22.4. The maximum Gasteiger partial charge on any atom is 0.407 e. The molecule has 2 aromatic rings. The number of carbonyl (C=O) groups excluding carboxylic acids is 3. The molecule has 0 spiro atoms. The molecule has 0 aliphatic heterocycles. The first-order valence-electron chi connectivity index (χ1n) is 12.1. The molecule has 0 fully saturated rings. The van der Waals surface area contributed by atoms with E-state index in [2.05, 4.69) is 42.8 Å². The van der Waals surface area contributed by atoms with E-state index >= 15 is 0 Å². The summed E-state index contributed by atoms with van der Waals surface area (Å²) in [4.78, 5) is 36.3. The molecule has 3 amide bonds. The van der Waals surface area contributed by atoms with Crippen molar-refractivity contribution in [2.24, 2.45) is 0 Å². The number of anilines is 1. The maximum absolute atomic E-state index is 12.4. The van der Waals surface area contributed by atoms with Crippen LogP contribution < -0.4 is 20.7 Å². The molecule has 0 aliphatic rings. The van der Waals surface area contributed by atoms with Gasteiger partial charge < -0.3 is 25.4 Å². The van der Waals surface area contributed by atoms with Crippen molar-refractivity contribution >= 4 is 23.6 Å². The molecule has 0 bridgehead atoms. The summed E-state index contributed by atoms with van der Waals surface area (Å²) in [7, 11) is 0. The number of alkyl carbamates (subject to hydrolysis) is 1. The quantitative estimate of drug-likeness (QED) is 0.460. The second kappa shape index (κ2) is 12.4. The highest BCUT2D eigenvalue weighted by Crippen LogP contribution is 2.32. The number of amides is 3. The van der Waals surface area contributed by atoms with Crippen LogP contribution in [0.3, 0.4) is 0 Å². The third-order valence-electron chi connectivity index (χ3n) is 5.02. The summed E-state index contributed by atoms with van der Waals surface area (Å²) >= 11 is 0. The first kappa shape index (κ1) is 28.7. The van der Waals surface area contributed by atoms with Crippen LogP contribution in [0.25, 0.3) is 0 Å². The minimum atomic E-state index is -0.593. The molecule has 0 aliphatic carbocycles. The SMILES string of the molecule is Cc1ccc(OCC(=O)NCc2cccc(NC(=O)CCNC(=O)OC(C)(C)C)c2)c(C(C)(C)C)c1. The number of hydrogen-bond donors (Lipinski definition) is 3. The Morgan fingerprint density at radius 2 is 1.61 bits per heavy atom. The van der Waals surface area contributed by atoms with Crippen LogP contribution in [0.2, 0.25) is 0 Å². The number of carbonyl (C=O) groups is 3. The highest BCUT2D eigenvalue weighted by Gasteiger charge is 2.20. The number of aryl methyl sites for hydroxylation is 1. The molecular formula is C28H39N3O5. The van der Waals surface area contributed by atoms with E-state index in [1.807, 2.05) is 25.1 Å². The summed E-state index contributed by atoms with van der Waals surface area (Å²) in [6.45, 7) is 14.0. The van der Waals surface area contributed by atoms with Crippen molar-refractivity contribution in [1.82, 2.24) is 10.6 Å². The molecule has 196 valence electrons. The predicted molar refractivity (Wildman–Crippen MR) is 141 cm³/mol. The van der Waals surface area contributed by atoms with E-state index in [0.29, 0.717) is 18.0 Å². The zero-order valence-corrected chi connectivity index (χ0v) is 22.4. The van der Waals surface area contributed by atoms with Crippen LogP contribution in [0.1, 0.15) is 64.7 Å². The lowest BCUT2D eigenvalue weighted by Gasteiger charge is -2.23. The standard InChI is InChI=1S/C28H39N3O5/c1-19-11-12-23(22(15-19)27(2,3)4)35-18-25(33)30-17-20-9-8-10-21(16-20)31-24(32)13-14-29-26(34)36-28(5,6)7/h8-12,15-16H,13-14,17-18H2,1-7H3,(H,29,34)(H,30,33)(H,31,32). The van der Waals surface area contributed by atoms with Crippen LogP contribution in [-0.2, 0) is 26.3 Å². The second-order valence-corrected chi connectivity index (χ2v) is 10.7. The first-order valence-corrected chi connectivity index (χ1v) is 12.1. The van der Waals surface area contributed by atoms with Gasteiger partial charge in [0.2, 0.25) is 5.91 Å². The Morgan fingerprint density at radius 3 is 2.28 bits per heavy atom. The third kappa shape index (κ3) is 10.4. The van der Waals surface area contributed by atoms with Gasteiger partial charge in [-0.3, -0.25) is 9.59 Å². The number of ether oxygens (including phenoxy) is 2. The lowest BCUT2D eigenvalue weighted by molar-refractivity contribution is -0.123. The van der Waals surface area contributed by atoms with Gasteiger partial charge in [0, 0.05) is 25.2 Å². The minimum absolute atomic E-state index is 0.0901. The van der Waals surface area contributed by atoms with Crippen molar-refractivity contribution in [2.45, 2.75) is 72.4 Å². The normalized spacial score (nSPS) is 11.4. The van der Waals surface area contributed by atoms with Gasteiger partial charge in [0.25, 0.3) is 5.91 Å². The fraction of sp³-hybridized carbons (Fsp3) is 0.464. The molecule has 0 saturated heterocycles. The van der Waals surface area contributed by atoms with Crippen molar-refractivity contribution in [3.63, 3.8) is 0 Å². The van der Waals surface area contributed by atoms with Crippen LogP contribution in [0.15, 0.2) is 42.5 Å². The molecule has 8 nitrogen and oxygen atoms in total. The van der Waals surface area contributed by atoms with Crippen molar-refractivity contribution in [1.29, 1.82) is 0 Å². The topological polar surface area (TPSA) is 106 Å². The molecule has 3 N–H and O–H groups in total. The fourth-order valence-corrected chi connectivity index (χ4v) is 3.33. The fourth-order valence-electron chi connectivity index (χ4n) is 3.33. The highest BCUT2D eigenvalue weighted by atomic mass is 16.6. The van der Waals surface area contributed by atoms with Crippen molar-refractivity contribution in [2.75, 3.05) is 18.5 Å². The van der Waals surface area contributed by atoms with Crippen LogP contribution in [0, 0.1) is 6.92 Å². The Bertz CT molecular complexity index is 1070. The van der Waals surface area contributed by atoms with Gasteiger partial charge in [-0.05, 0) is 62.4 Å².